The van der Waals surface area contributed by atoms with Crippen molar-refractivity contribution < 1.29 is 0 Å². The normalized spacial score (nSPS) is 10.8. The van der Waals surface area contributed by atoms with Crippen LogP contribution in [0.1, 0.15) is 0 Å². The van der Waals surface area contributed by atoms with Crippen LogP contribution in [0.15, 0.2) is 40.3 Å². The van der Waals surface area contributed by atoms with E-state index < -0.39 is 11.2 Å². The highest BCUT2D eigenvalue weighted by Gasteiger charge is 2.09. The summed E-state index contributed by atoms with van der Waals surface area (Å²) in [4.78, 5) is 37.7. The molecule has 0 aromatic carbocycles. The number of hydrogen-bond acceptors (Lipinski definition) is 5. The molecule has 0 saturated carbocycles. The van der Waals surface area contributed by atoms with Crippen LogP contribution in [0.3, 0.4) is 0 Å². The van der Waals surface area contributed by atoms with Crippen LogP contribution in [0.25, 0.3) is 22.4 Å². The minimum absolute atomic E-state index is 0.278. The first kappa shape index (κ1) is 11.3. The zero-order chi connectivity index (χ0) is 13.4. The van der Waals surface area contributed by atoms with Crippen LogP contribution in [-0.4, -0.2) is 24.5 Å². The minimum atomic E-state index is -0.503. The Kier molecular flexibility index (Phi) is 2.45. The molecule has 0 spiro atoms. The van der Waals surface area contributed by atoms with Gasteiger partial charge in [-0.3, -0.25) is 19.3 Å². The van der Waals surface area contributed by atoms with E-state index in [1.54, 1.807) is 31.6 Å². The molecule has 0 saturated heterocycles. The Morgan fingerprint density at radius 3 is 2.68 bits per heavy atom. The monoisotopic (exact) mass is 255 g/mol. The first-order chi connectivity index (χ1) is 9.16. The van der Waals surface area contributed by atoms with Crippen molar-refractivity contribution in [3.63, 3.8) is 0 Å². The quantitative estimate of drug-likeness (QED) is 0.664. The summed E-state index contributed by atoms with van der Waals surface area (Å²) >= 11 is 0. The van der Waals surface area contributed by atoms with E-state index in [4.69, 9.17) is 0 Å². The van der Waals surface area contributed by atoms with Crippen LogP contribution >= 0.6 is 0 Å². The van der Waals surface area contributed by atoms with Crippen molar-refractivity contribution in [2.24, 2.45) is 7.05 Å². The molecule has 3 rings (SSSR count). The predicted molar refractivity (Wildman–Crippen MR) is 68.6 cm³/mol. The molecule has 0 fully saturated rings. The Hall–Kier alpha value is -2.83. The van der Waals surface area contributed by atoms with E-state index in [0.717, 1.165) is 5.56 Å². The second kappa shape index (κ2) is 4.13. The van der Waals surface area contributed by atoms with Gasteiger partial charge in [0.1, 0.15) is 5.39 Å². The fourth-order valence-corrected chi connectivity index (χ4v) is 1.77. The van der Waals surface area contributed by atoms with Gasteiger partial charge >= 0.3 is 5.69 Å². The van der Waals surface area contributed by atoms with Gasteiger partial charge in [0.05, 0.1) is 0 Å². The molecule has 0 atom stereocenters. The smallest absolute Gasteiger partial charge is 0.281 e. The van der Waals surface area contributed by atoms with Gasteiger partial charge in [0, 0.05) is 31.2 Å². The van der Waals surface area contributed by atoms with Gasteiger partial charge in [0.2, 0.25) is 0 Å². The Morgan fingerprint density at radius 2 is 1.95 bits per heavy atom. The maximum absolute atomic E-state index is 11.6. The Labute approximate surface area is 106 Å². The topological polar surface area (TPSA) is 93.5 Å². The van der Waals surface area contributed by atoms with Crippen LogP contribution in [0.4, 0.5) is 0 Å². The Balaban J connectivity index is 2.36. The maximum Gasteiger partial charge on any atom is 0.329 e. The zero-order valence-corrected chi connectivity index (χ0v) is 9.99. The average Bonchev–Trinajstić information content (AvgIpc) is 2.45. The molecule has 3 heterocycles. The SMILES string of the molecule is Cn1c(=O)[nH]c(=O)c2cnc(-c3ccncc3)nc21. The van der Waals surface area contributed by atoms with E-state index in [2.05, 4.69) is 19.9 Å². The number of rotatable bonds is 1. The third kappa shape index (κ3) is 1.81. The van der Waals surface area contributed by atoms with Crippen LogP contribution in [-0.2, 0) is 7.05 Å². The van der Waals surface area contributed by atoms with Gasteiger partial charge < -0.3 is 0 Å². The molecular weight excluding hydrogens is 246 g/mol. The highest BCUT2D eigenvalue weighted by Crippen LogP contribution is 2.14. The highest BCUT2D eigenvalue weighted by atomic mass is 16.2. The molecular formula is C12H9N5O2. The van der Waals surface area contributed by atoms with Crippen molar-refractivity contribution in [3.05, 3.63) is 51.6 Å². The van der Waals surface area contributed by atoms with Gasteiger partial charge in [-0.25, -0.2) is 14.8 Å². The third-order valence-electron chi connectivity index (χ3n) is 2.79. The number of pyridine rings is 1. The summed E-state index contributed by atoms with van der Waals surface area (Å²) in [7, 11) is 1.55. The molecule has 3 aromatic heterocycles. The van der Waals surface area contributed by atoms with E-state index in [-0.39, 0.29) is 5.39 Å². The number of nitrogens with one attached hydrogen (secondary N) is 1. The summed E-state index contributed by atoms with van der Waals surface area (Å²) in [5, 5.41) is 0.278. The van der Waals surface area contributed by atoms with Gasteiger partial charge in [0.15, 0.2) is 11.5 Å². The molecule has 0 aliphatic carbocycles. The summed E-state index contributed by atoms with van der Waals surface area (Å²) in [5.74, 6) is 0.440. The number of nitrogens with zero attached hydrogens (tertiary/aromatic N) is 4. The molecule has 1 N–H and O–H groups in total. The number of aromatic nitrogens is 5. The number of fused-ring (bicyclic) bond motifs is 1. The molecule has 7 heteroatoms. The predicted octanol–water partition coefficient (Wildman–Crippen LogP) is 0.0788. The Morgan fingerprint density at radius 1 is 1.21 bits per heavy atom. The molecule has 0 unspecified atom stereocenters. The van der Waals surface area contributed by atoms with E-state index in [1.807, 2.05) is 0 Å². The summed E-state index contributed by atoms with van der Waals surface area (Å²) in [6.45, 7) is 0. The standard InChI is InChI=1S/C12H9N5O2/c1-17-10-8(11(18)16-12(17)19)6-14-9(15-10)7-2-4-13-5-3-7/h2-6H,1H3,(H,16,18,19). The summed E-state index contributed by atoms with van der Waals surface area (Å²) < 4.78 is 1.28. The van der Waals surface area contributed by atoms with Crippen LogP contribution in [0, 0.1) is 0 Å². The molecule has 3 aromatic rings. The molecule has 7 nitrogen and oxygen atoms in total. The van der Waals surface area contributed by atoms with E-state index in [9.17, 15) is 9.59 Å². The first-order valence-electron chi connectivity index (χ1n) is 5.53. The third-order valence-corrected chi connectivity index (χ3v) is 2.79. The van der Waals surface area contributed by atoms with E-state index in [0.29, 0.717) is 11.5 Å². The van der Waals surface area contributed by atoms with E-state index in [1.165, 1.54) is 10.8 Å². The molecule has 0 radical (unpaired) electrons. The molecule has 0 bridgehead atoms. The van der Waals surface area contributed by atoms with Crippen LogP contribution in [0.2, 0.25) is 0 Å². The maximum atomic E-state index is 11.6. The number of aryl methyl sites for hydroxylation is 1. The lowest BCUT2D eigenvalue weighted by Gasteiger charge is -2.04. The second-order valence-corrected chi connectivity index (χ2v) is 3.99. The summed E-state index contributed by atoms with van der Waals surface area (Å²) in [6.07, 6.45) is 4.66. The number of hydrogen-bond donors (Lipinski definition) is 1. The lowest BCUT2D eigenvalue weighted by atomic mass is 10.2. The molecule has 0 aliphatic heterocycles. The molecule has 0 amide bonds. The molecule has 94 valence electrons. The second-order valence-electron chi connectivity index (χ2n) is 3.99. The van der Waals surface area contributed by atoms with E-state index >= 15 is 0 Å². The minimum Gasteiger partial charge on any atom is -0.281 e. The first-order valence-corrected chi connectivity index (χ1v) is 5.53. The lowest BCUT2D eigenvalue weighted by molar-refractivity contribution is 0.826. The van der Waals surface area contributed by atoms with Gasteiger partial charge in [-0.2, -0.15) is 0 Å². The summed E-state index contributed by atoms with van der Waals surface area (Å²) in [5.41, 5.74) is 0.0800. The fraction of sp³-hybridized carbons (Fsp3) is 0.0833. The van der Waals surface area contributed by atoms with Gasteiger partial charge in [0.25, 0.3) is 5.56 Å². The fourth-order valence-electron chi connectivity index (χ4n) is 1.77. The van der Waals surface area contributed by atoms with Crippen molar-refractivity contribution in [3.8, 4) is 11.4 Å². The van der Waals surface area contributed by atoms with Crippen LogP contribution in [0.5, 0.6) is 0 Å². The van der Waals surface area contributed by atoms with Gasteiger partial charge in [-0.05, 0) is 12.1 Å². The Bertz CT molecular complexity index is 867. The van der Waals surface area contributed by atoms with Gasteiger partial charge in [-0.1, -0.05) is 0 Å². The largest absolute Gasteiger partial charge is 0.329 e. The van der Waals surface area contributed by atoms with Crippen molar-refractivity contribution in [1.29, 1.82) is 0 Å². The zero-order valence-electron chi connectivity index (χ0n) is 9.99. The van der Waals surface area contributed by atoms with Crippen LogP contribution < -0.4 is 11.2 Å². The number of aromatic amines is 1. The van der Waals surface area contributed by atoms with Crippen molar-refractivity contribution >= 4 is 11.0 Å². The molecule has 0 aliphatic rings. The molecule has 19 heavy (non-hydrogen) atoms. The van der Waals surface area contributed by atoms with Gasteiger partial charge in [-0.15, -0.1) is 0 Å². The van der Waals surface area contributed by atoms with Crippen molar-refractivity contribution in [2.75, 3.05) is 0 Å². The van der Waals surface area contributed by atoms with Crippen molar-refractivity contribution in [2.45, 2.75) is 0 Å². The number of H-pyrrole nitrogens is 1. The van der Waals surface area contributed by atoms with Crippen molar-refractivity contribution in [1.82, 2.24) is 24.5 Å². The highest BCUT2D eigenvalue weighted by molar-refractivity contribution is 5.75. The average molecular weight is 255 g/mol. The summed E-state index contributed by atoms with van der Waals surface area (Å²) in [6, 6.07) is 3.51. The lowest BCUT2D eigenvalue weighted by Crippen LogP contribution is -2.29.